The number of nitrogens with one attached hydrogen (secondary N) is 1. The summed E-state index contributed by atoms with van der Waals surface area (Å²) in [5.74, 6) is -0.514. The molecule has 17 heavy (non-hydrogen) atoms. The minimum absolute atomic E-state index is 0.292. The van der Waals surface area contributed by atoms with Gasteiger partial charge in [-0.2, -0.15) is 0 Å². The van der Waals surface area contributed by atoms with E-state index in [0.717, 1.165) is 6.07 Å². The molecule has 0 spiro atoms. The molecular weight excluding hydrogens is 244 g/mol. The molecule has 0 bridgehead atoms. The van der Waals surface area contributed by atoms with E-state index < -0.39 is 22.4 Å². The lowest BCUT2D eigenvalue weighted by Gasteiger charge is -2.14. The second kappa shape index (κ2) is 6.81. The fourth-order valence-corrected chi connectivity index (χ4v) is 2.13. The van der Waals surface area contributed by atoms with Crippen molar-refractivity contribution in [2.24, 2.45) is 0 Å². The average molecular weight is 261 g/mol. The van der Waals surface area contributed by atoms with Crippen LogP contribution in [-0.4, -0.2) is 22.3 Å². The Bertz CT molecular complexity index is 398. The van der Waals surface area contributed by atoms with Gasteiger partial charge in [0.25, 0.3) is 0 Å². The van der Waals surface area contributed by atoms with Crippen molar-refractivity contribution in [2.75, 3.05) is 18.1 Å². The predicted molar refractivity (Wildman–Crippen MR) is 66.3 cm³/mol. The van der Waals surface area contributed by atoms with E-state index in [-0.39, 0.29) is 6.04 Å². The van der Waals surface area contributed by atoms with Gasteiger partial charge in [-0.05, 0) is 13.0 Å². The van der Waals surface area contributed by atoms with Crippen LogP contribution in [0.4, 0.5) is 8.78 Å². The first-order valence-electron chi connectivity index (χ1n) is 5.58. The maximum Gasteiger partial charge on any atom is 0.163 e. The van der Waals surface area contributed by atoms with Crippen LogP contribution in [0.2, 0.25) is 0 Å². The Labute approximate surface area is 103 Å². The topological polar surface area (TPSA) is 29.1 Å². The summed E-state index contributed by atoms with van der Waals surface area (Å²) < 4.78 is 37.6. The number of hydrogen-bond donors (Lipinski definition) is 1. The van der Waals surface area contributed by atoms with E-state index in [1.165, 1.54) is 6.07 Å². The normalized spacial score (nSPS) is 14.6. The second-order valence-electron chi connectivity index (χ2n) is 3.75. The smallest absolute Gasteiger partial charge is 0.163 e. The average Bonchev–Trinajstić information content (AvgIpc) is 2.32. The lowest BCUT2D eigenvalue weighted by atomic mass is 10.1. The first kappa shape index (κ1) is 14.3. The number of benzene rings is 1. The van der Waals surface area contributed by atoms with Crippen LogP contribution in [0.1, 0.15) is 25.5 Å². The summed E-state index contributed by atoms with van der Waals surface area (Å²) in [5.41, 5.74) is 0.298. The van der Waals surface area contributed by atoms with Gasteiger partial charge in [0, 0.05) is 40.5 Å². The molecule has 96 valence electrons. The van der Waals surface area contributed by atoms with Gasteiger partial charge in [-0.25, -0.2) is 8.78 Å². The zero-order valence-electron chi connectivity index (χ0n) is 10.0. The van der Waals surface area contributed by atoms with Gasteiger partial charge in [0.05, 0.1) is 0 Å². The summed E-state index contributed by atoms with van der Waals surface area (Å²) in [4.78, 5) is 0. The molecule has 1 rings (SSSR count). The summed E-state index contributed by atoms with van der Waals surface area (Å²) in [7, 11) is -0.840. The SMILES string of the molecule is CCS(=O)CCNC(C)c1cccc(F)c1F. The first-order valence-corrected chi connectivity index (χ1v) is 7.07. The molecule has 5 heteroatoms. The largest absolute Gasteiger partial charge is 0.309 e. The third-order valence-electron chi connectivity index (χ3n) is 2.55. The highest BCUT2D eigenvalue weighted by molar-refractivity contribution is 7.84. The molecule has 1 aromatic carbocycles. The van der Waals surface area contributed by atoms with Crippen molar-refractivity contribution in [1.29, 1.82) is 0 Å². The van der Waals surface area contributed by atoms with Crippen molar-refractivity contribution < 1.29 is 13.0 Å². The van der Waals surface area contributed by atoms with Crippen LogP contribution in [0, 0.1) is 11.6 Å². The summed E-state index contributed by atoms with van der Waals surface area (Å²) in [5, 5.41) is 3.03. The molecular formula is C12H17F2NOS. The van der Waals surface area contributed by atoms with E-state index in [1.54, 1.807) is 13.0 Å². The van der Waals surface area contributed by atoms with Crippen molar-refractivity contribution in [3.63, 3.8) is 0 Å². The molecule has 2 nitrogen and oxygen atoms in total. The van der Waals surface area contributed by atoms with E-state index in [9.17, 15) is 13.0 Å². The quantitative estimate of drug-likeness (QED) is 0.852. The highest BCUT2D eigenvalue weighted by Crippen LogP contribution is 2.18. The van der Waals surface area contributed by atoms with Crippen LogP contribution in [0.5, 0.6) is 0 Å². The van der Waals surface area contributed by atoms with E-state index in [0.29, 0.717) is 23.6 Å². The zero-order valence-corrected chi connectivity index (χ0v) is 10.8. The van der Waals surface area contributed by atoms with Gasteiger partial charge in [-0.3, -0.25) is 4.21 Å². The summed E-state index contributed by atoms with van der Waals surface area (Å²) in [6.45, 7) is 4.13. The van der Waals surface area contributed by atoms with Gasteiger partial charge in [-0.1, -0.05) is 19.1 Å². The third kappa shape index (κ3) is 4.16. The molecule has 0 fully saturated rings. The lowest BCUT2D eigenvalue weighted by molar-refractivity contribution is 0.477. The van der Waals surface area contributed by atoms with Crippen LogP contribution in [0.3, 0.4) is 0 Å². The van der Waals surface area contributed by atoms with E-state index in [4.69, 9.17) is 0 Å². The number of hydrogen-bond acceptors (Lipinski definition) is 2. The lowest BCUT2D eigenvalue weighted by Crippen LogP contribution is -2.25. The molecule has 0 saturated carbocycles. The zero-order chi connectivity index (χ0) is 12.8. The number of halogens is 2. The molecule has 0 heterocycles. The number of rotatable bonds is 6. The molecule has 1 N–H and O–H groups in total. The first-order chi connectivity index (χ1) is 8.06. The van der Waals surface area contributed by atoms with Gasteiger partial charge in [0.2, 0.25) is 0 Å². The standard InChI is InChI=1S/C12H17F2NOS/c1-3-17(16)8-7-15-9(2)10-5-4-6-11(13)12(10)14/h4-6,9,15H,3,7-8H2,1-2H3. The summed E-state index contributed by atoms with van der Waals surface area (Å²) in [6, 6.07) is 3.83. The molecule has 0 aromatic heterocycles. The van der Waals surface area contributed by atoms with Crippen LogP contribution < -0.4 is 5.32 Å². The Morgan fingerprint density at radius 2 is 2.12 bits per heavy atom. The Morgan fingerprint density at radius 1 is 1.41 bits per heavy atom. The molecule has 0 radical (unpaired) electrons. The van der Waals surface area contributed by atoms with Gasteiger partial charge < -0.3 is 5.32 Å². The molecule has 0 amide bonds. The van der Waals surface area contributed by atoms with Gasteiger partial charge in [0.1, 0.15) is 0 Å². The second-order valence-corrected chi connectivity index (χ2v) is 5.62. The third-order valence-corrected chi connectivity index (χ3v) is 3.85. The minimum atomic E-state index is -0.840. The highest BCUT2D eigenvalue weighted by Gasteiger charge is 2.13. The van der Waals surface area contributed by atoms with Gasteiger partial charge >= 0.3 is 0 Å². The molecule has 0 aliphatic rings. The Morgan fingerprint density at radius 3 is 2.76 bits per heavy atom. The molecule has 1 aromatic rings. The van der Waals surface area contributed by atoms with Crippen molar-refractivity contribution in [1.82, 2.24) is 5.32 Å². The Kier molecular flexibility index (Phi) is 5.71. The van der Waals surface area contributed by atoms with Gasteiger partial charge in [-0.15, -0.1) is 0 Å². The van der Waals surface area contributed by atoms with E-state index in [1.807, 2.05) is 6.92 Å². The van der Waals surface area contributed by atoms with Crippen LogP contribution in [-0.2, 0) is 10.8 Å². The molecule has 0 aliphatic heterocycles. The fraction of sp³-hybridized carbons (Fsp3) is 0.500. The van der Waals surface area contributed by atoms with Crippen LogP contribution in [0.25, 0.3) is 0 Å². The summed E-state index contributed by atoms with van der Waals surface area (Å²) >= 11 is 0. The maximum absolute atomic E-state index is 13.4. The maximum atomic E-state index is 13.4. The summed E-state index contributed by atoms with van der Waals surface area (Å²) in [6.07, 6.45) is 0. The fourth-order valence-electron chi connectivity index (χ4n) is 1.50. The van der Waals surface area contributed by atoms with Gasteiger partial charge in [0.15, 0.2) is 11.6 Å². The minimum Gasteiger partial charge on any atom is -0.309 e. The Balaban J connectivity index is 2.55. The monoisotopic (exact) mass is 261 g/mol. The van der Waals surface area contributed by atoms with Crippen molar-refractivity contribution >= 4 is 10.8 Å². The van der Waals surface area contributed by atoms with E-state index >= 15 is 0 Å². The molecule has 0 aliphatic carbocycles. The van der Waals surface area contributed by atoms with Crippen molar-refractivity contribution in [2.45, 2.75) is 19.9 Å². The van der Waals surface area contributed by atoms with Crippen LogP contribution >= 0.6 is 0 Å². The van der Waals surface area contributed by atoms with Crippen LogP contribution in [0.15, 0.2) is 18.2 Å². The molecule has 2 atom stereocenters. The molecule has 0 saturated heterocycles. The predicted octanol–water partition coefficient (Wildman–Crippen LogP) is 2.38. The highest BCUT2D eigenvalue weighted by atomic mass is 32.2. The molecule has 2 unspecified atom stereocenters. The van der Waals surface area contributed by atoms with Crippen molar-refractivity contribution in [3.05, 3.63) is 35.4 Å². The Hall–Kier alpha value is -0.810. The van der Waals surface area contributed by atoms with Crippen molar-refractivity contribution in [3.8, 4) is 0 Å². The van der Waals surface area contributed by atoms with E-state index in [2.05, 4.69) is 5.32 Å².